The number of amides is 1. The molecule has 0 aliphatic rings. The van der Waals surface area contributed by atoms with Crippen molar-refractivity contribution in [3.05, 3.63) is 0 Å². The van der Waals surface area contributed by atoms with Crippen LogP contribution < -0.4 is 5.32 Å². The van der Waals surface area contributed by atoms with Gasteiger partial charge in [-0.1, -0.05) is 13.8 Å². The fourth-order valence-corrected chi connectivity index (χ4v) is 1.24. The molecule has 1 atom stereocenters. The highest BCUT2D eigenvalue weighted by molar-refractivity contribution is 7.81. The van der Waals surface area contributed by atoms with Gasteiger partial charge in [0.15, 0.2) is 0 Å². The lowest BCUT2D eigenvalue weighted by Gasteiger charge is -2.26. The molecule has 1 N–H and O–H groups in total. The number of hydrogen-bond acceptors (Lipinski definition) is 3. The zero-order chi connectivity index (χ0) is 12.1. The quantitative estimate of drug-likeness (QED) is 0.687. The van der Waals surface area contributed by atoms with Gasteiger partial charge in [0.25, 0.3) is 0 Å². The normalized spacial score (nSPS) is 14.1. The molecule has 0 aromatic heterocycles. The van der Waals surface area contributed by atoms with Crippen LogP contribution in [0.3, 0.4) is 0 Å². The Kier molecular flexibility index (Phi) is 6.29. The van der Waals surface area contributed by atoms with Crippen molar-refractivity contribution in [3.8, 4) is 0 Å². The number of ether oxygens (including phenoxy) is 1. The Balaban J connectivity index is 4.00. The van der Waals surface area contributed by atoms with Gasteiger partial charge in [0.05, 0.1) is 10.9 Å². The average Bonchev–Trinajstić information content (AvgIpc) is 2.13. The van der Waals surface area contributed by atoms with E-state index in [1.54, 1.807) is 0 Å². The van der Waals surface area contributed by atoms with Gasteiger partial charge >= 0.3 is 0 Å². The van der Waals surface area contributed by atoms with E-state index < -0.39 is 0 Å². The smallest absolute Gasteiger partial charge is 0.233 e. The maximum atomic E-state index is 11.6. The summed E-state index contributed by atoms with van der Waals surface area (Å²) in [6.07, 6.45) is 0. The van der Waals surface area contributed by atoms with E-state index in [0.29, 0.717) is 13.2 Å². The molecule has 0 radical (unpaired) electrons. The molecule has 1 unspecified atom stereocenters. The summed E-state index contributed by atoms with van der Waals surface area (Å²) >= 11 is 4.25. The maximum absolute atomic E-state index is 11.6. The van der Waals surface area contributed by atoms with E-state index in [0.717, 1.165) is 0 Å². The molecule has 1 amide bonds. The summed E-state index contributed by atoms with van der Waals surface area (Å²) in [7, 11) is 0. The van der Waals surface area contributed by atoms with Gasteiger partial charge in [0.2, 0.25) is 5.91 Å². The first-order chi connectivity index (χ1) is 6.80. The number of nitrogens with one attached hydrogen (secondary N) is 1. The van der Waals surface area contributed by atoms with Gasteiger partial charge in [0, 0.05) is 13.2 Å². The number of hydrogen-bond donors (Lipinski definition) is 2. The van der Waals surface area contributed by atoms with E-state index >= 15 is 0 Å². The van der Waals surface area contributed by atoms with Crippen molar-refractivity contribution in [2.45, 2.75) is 45.5 Å². The third-order valence-electron chi connectivity index (χ3n) is 2.12. The van der Waals surface area contributed by atoms with E-state index in [9.17, 15) is 4.79 Å². The van der Waals surface area contributed by atoms with Crippen molar-refractivity contribution in [2.24, 2.45) is 5.92 Å². The first kappa shape index (κ1) is 14.8. The Morgan fingerprint density at radius 2 is 2.00 bits per heavy atom. The fraction of sp³-hybridized carbons (Fsp3) is 0.909. The summed E-state index contributed by atoms with van der Waals surface area (Å²) in [5, 5.41) is 2.60. The summed E-state index contributed by atoms with van der Waals surface area (Å²) in [6.45, 7) is 11.0. The molecule has 4 heteroatoms. The average molecular weight is 233 g/mol. The van der Waals surface area contributed by atoms with Crippen LogP contribution in [0.25, 0.3) is 0 Å². The minimum absolute atomic E-state index is 0.0267. The van der Waals surface area contributed by atoms with Gasteiger partial charge in [-0.25, -0.2) is 0 Å². The molecular formula is C11H23NO2S. The van der Waals surface area contributed by atoms with Crippen LogP contribution in [0.2, 0.25) is 0 Å². The minimum atomic E-state index is -0.311. The van der Waals surface area contributed by atoms with Crippen molar-refractivity contribution < 1.29 is 9.53 Å². The number of carbonyl (C=O) groups excluding carboxylic acids is 1. The van der Waals surface area contributed by atoms with Crippen LogP contribution in [0.1, 0.15) is 34.6 Å². The predicted molar refractivity (Wildman–Crippen MR) is 66.3 cm³/mol. The zero-order valence-electron chi connectivity index (χ0n) is 10.3. The number of rotatable bonds is 6. The molecule has 0 aliphatic heterocycles. The highest BCUT2D eigenvalue weighted by atomic mass is 32.1. The molecule has 90 valence electrons. The maximum Gasteiger partial charge on any atom is 0.233 e. The third-order valence-corrected chi connectivity index (χ3v) is 2.95. The molecule has 0 heterocycles. The van der Waals surface area contributed by atoms with Crippen LogP contribution in [0.5, 0.6) is 0 Å². The van der Waals surface area contributed by atoms with E-state index in [-0.39, 0.29) is 22.7 Å². The first-order valence-corrected chi connectivity index (χ1v) is 5.91. The largest absolute Gasteiger partial charge is 0.374 e. The van der Waals surface area contributed by atoms with Gasteiger partial charge in [-0.05, 0) is 26.7 Å². The molecule has 15 heavy (non-hydrogen) atoms. The monoisotopic (exact) mass is 233 g/mol. The van der Waals surface area contributed by atoms with Crippen molar-refractivity contribution >= 4 is 18.5 Å². The van der Waals surface area contributed by atoms with Crippen LogP contribution in [-0.4, -0.2) is 29.9 Å². The summed E-state index contributed by atoms with van der Waals surface area (Å²) in [5.41, 5.74) is -0.311. The molecule has 0 bridgehead atoms. The molecule has 0 aliphatic carbocycles. The van der Waals surface area contributed by atoms with Gasteiger partial charge in [0.1, 0.15) is 0 Å². The summed E-state index contributed by atoms with van der Waals surface area (Å²) < 4.78 is 5.48. The predicted octanol–water partition coefficient (Wildman–Crippen LogP) is 1.87. The summed E-state index contributed by atoms with van der Waals surface area (Å²) in [6, 6.07) is 0. The fourth-order valence-electron chi connectivity index (χ4n) is 1.15. The van der Waals surface area contributed by atoms with Gasteiger partial charge < -0.3 is 10.1 Å². The van der Waals surface area contributed by atoms with Crippen LogP contribution in [0.15, 0.2) is 0 Å². The molecule has 0 fully saturated rings. The van der Waals surface area contributed by atoms with Crippen LogP contribution in [0.4, 0.5) is 0 Å². The van der Waals surface area contributed by atoms with Crippen molar-refractivity contribution in [1.29, 1.82) is 0 Å². The topological polar surface area (TPSA) is 38.3 Å². The van der Waals surface area contributed by atoms with E-state index in [2.05, 4.69) is 17.9 Å². The molecule has 0 rings (SSSR count). The summed E-state index contributed by atoms with van der Waals surface area (Å²) in [4.78, 5) is 11.6. The lowest BCUT2D eigenvalue weighted by atomic mass is 10.1. The second kappa shape index (κ2) is 6.38. The Hall–Kier alpha value is -0.220. The van der Waals surface area contributed by atoms with E-state index in [1.807, 2.05) is 34.6 Å². The van der Waals surface area contributed by atoms with Crippen molar-refractivity contribution in [1.82, 2.24) is 5.32 Å². The van der Waals surface area contributed by atoms with Crippen LogP contribution >= 0.6 is 12.6 Å². The number of thiol groups is 1. The van der Waals surface area contributed by atoms with E-state index in [4.69, 9.17) is 4.74 Å². The van der Waals surface area contributed by atoms with Crippen LogP contribution in [-0.2, 0) is 9.53 Å². The van der Waals surface area contributed by atoms with E-state index in [1.165, 1.54) is 0 Å². The van der Waals surface area contributed by atoms with Crippen molar-refractivity contribution in [2.75, 3.05) is 13.2 Å². The Labute approximate surface area is 98.4 Å². The Bertz CT molecular complexity index is 205. The standard InChI is InChI=1S/C11H23NO2S/c1-6-14-11(4,5)7-12-10(13)9(15)8(2)3/h8-9,15H,6-7H2,1-5H3,(H,12,13). The molecule has 0 saturated carbocycles. The first-order valence-electron chi connectivity index (χ1n) is 5.40. The third kappa shape index (κ3) is 6.05. The molecule has 0 saturated heterocycles. The zero-order valence-corrected chi connectivity index (χ0v) is 11.2. The molecule has 0 aromatic rings. The van der Waals surface area contributed by atoms with Crippen molar-refractivity contribution in [3.63, 3.8) is 0 Å². The number of carbonyl (C=O) groups is 1. The second-order valence-electron chi connectivity index (χ2n) is 4.60. The van der Waals surface area contributed by atoms with Gasteiger partial charge in [-0.3, -0.25) is 4.79 Å². The summed E-state index contributed by atoms with van der Waals surface area (Å²) in [5.74, 6) is 0.213. The van der Waals surface area contributed by atoms with Crippen LogP contribution in [0, 0.1) is 5.92 Å². The SMILES string of the molecule is CCOC(C)(C)CNC(=O)C(S)C(C)C. The van der Waals surface area contributed by atoms with Gasteiger partial charge in [-0.2, -0.15) is 12.6 Å². The van der Waals surface area contributed by atoms with Gasteiger partial charge in [-0.15, -0.1) is 0 Å². The highest BCUT2D eigenvalue weighted by Crippen LogP contribution is 2.10. The second-order valence-corrected chi connectivity index (χ2v) is 5.16. The Morgan fingerprint density at radius 3 is 2.40 bits per heavy atom. The molecule has 3 nitrogen and oxygen atoms in total. The lowest BCUT2D eigenvalue weighted by Crippen LogP contribution is -2.44. The molecular weight excluding hydrogens is 210 g/mol. The molecule has 0 spiro atoms. The lowest BCUT2D eigenvalue weighted by molar-refractivity contribution is -0.122. The minimum Gasteiger partial charge on any atom is -0.374 e. The Morgan fingerprint density at radius 1 is 1.47 bits per heavy atom. The highest BCUT2D eigenvalue weighted by Gasteiger charge is 2.22. The molecule has 0 aromatic carbocycles.